The molecule has 0 bridgehead atoms. The largest absolute Gasteiger partial charge is 0.376 e. The summed E-state index contributed by atoms with van der Waals surface area (Å²) in [4.78, 5) is 24.7. The maximum atomic E-state index is 12.4. The van der Waals surface area contributed by atoms with Gasteiger partial charge in [0.05, 0.1) is 34.5 Å². The van der Waals surface area contributed by atoms with Crippen molar-refractivity contribution in [3.63, 3.8) is 0 Å². The van der Waals surface area contributed by atoms with Gasteiger partial charge in [-0.25, -0.2) is 0 Å². The maximum absolute atomic E-state index is 12.4. The zero-order chi connectivity index (χ0) is 21.0. The minimum Gasteiger partial charge on any atom is -0.376 e. The van der Waals surface area contributed by atoms with E-state index in [0.29, 0.717) is 27.5 Å². The molecule has 1 heterocycles. The second-order valence-corrected chi connectivity index (χ2v) is 8.16. The summed E-state index contributed by atoms with van der Waals surface area (Å²) in [7, 11) is 0. The number of rotatable bonds is 7. The second kappa shape index (κ2) is 8.75. The highest BCUT2D eigenvalue weighted by atomic mass is 35.5. The summed E-state index contributed by atoms with van der Waals surface area (Å²) in [6, 6.07) is 10.4. The third-order valence-electron chi connectivity index (χ3n) is 4.56. The highest BCUT2D eigenvalue weighted by Crippen LogP contribution is 2.23. The molecule has 0 aliphatic heterocycles. The summed E-state index contributed by atoms with van der Waals surface area (Å²) < 4.78 is 8.36. The van der Waals surface area contributed by atoms with E-state index in [1.54, 1.807) is 24.3 Å². The van der Waals surface area contributed by atoms with Gasteiger partial charge in [-0.1, -0.05) is 24.6 Å². The van der Waals surface area contributed by atoms with Crippen LogP contribution in [0.1, 0.15) is 37.6 Å². The topological polar surface area (TPSA) is 96.0 Å². The first-order valence-electron chi connectivity index (χ1n) is 9.16. The zero-order valence-corrected chi connectivity index (χ0v) is 17.9. The Hall–Kier alpha value is -2.71. The normalized spacial score (nSPS) is 11.3. The number of fused-ring (bicyclic) bond motifs is 1. The van der Waals surface area contributed by atoms with Gasteiger partial charge >= 0.3 is 0 Å². The van der Waals surface area contributed by atoms with Gasteiger partial charge < -0.3 is 16.0 Å². The molecule has 0 radical (unpaired) electrons. The first-order chi connectivity index (χ1) is 13.8. The molecule has 0 aliphatic rings. The summed E-state index contributed by atoms with van der Waals surface area (Å²) in [5, 5.41) is 9.11. The van der Waals surface area contributed by atoms with Crippen LogP contribution in [-0.4, -0.2) is 32.6 Å². The lowest BCUT2D eigenvalue weighted by Gasteiger charge is -2.24. The van der Waals surface area contributed by atoms with Crippen LogP contribution in [0.15, 0.2) is 36.4 Å². The third-order valence-corrected chi connectivity index (χ3v) is 5.42. The number of carbonyl (C=O) groups is 2. The molecule has 2 amide bonds. The minimum atomic E-state index is -0.314. The molecule has 0 spiro atoms. The van der Waals surface area contributed by atoms with Crippen LogP contribution in [0.25, 0.3) is 11.0 Å². The number of benzene rings is 2. The smallest absolute Gasteiger partial charge is 0.253 e. The third kappa shape index (κ3) is 5.21. The van der Waals surface area contributed by atoms with Gasteiger partial charge in [-0.05, 0) is 50.6 Å². The van der Waals surface area contributed by atoms with E-state index in [4.69, 9.17) is 11.6 Å². The molecule has 7 nitrogen and oxygen atoms in total. The number of anilines is 2. The summed E-state index contributed by atoms with van der Waals surface area (Å²) in [5.74, 6) is -0.454. The summed E-state index contributed by atoms with van der Waals surface area (Å²) in [6.07, 6.45) is 0.801. The van der Waals surface area contributed by atoms with Crippen molar-refractivity contribution < 1.29 is 9.59 Å². The van der Waals surface area contributed by atoms with Crippen LogP contribution in [0.5, 0.6) is 0 Å². The molecule has 0 unspecified atom stereocenters. The number of amides is 2. The average Bonchev–Trinajstić information content (AvgIpc) is 3.16. The number of hydrogen-bond acceptors (Lipinski definition) is 6. The van der Waals surface area contributed by atoms with Crippen molar-refractivity contribution in [1.29, 1.82) is 0 Å². The Bertz CT molecular complexity index is 1050. The number of aromatic nitrogens is 2. The van der Waals surface area contributed by atoms with E-state index in [9.17, 15) is 9.59 Å². The molecular formula is C20H22ClN5O2S. The first-order valence-corrected chi connectivity index (χ1v) is 10.3. The highest BCUT2D eigenvalue weighted by Gasteiger charge is 2.20. The van der Waals surface area contributed by atoms with Crippen molar-refractivity contribution in [2.24, 2.45) is 0 Å². The van der Waals surface area contributed by atoms with E-state index < -0.39 is 0 Å². The van der Waals surface area contributed by atoms with E-state index in [1.165, 1.54) is 0 Å². The molecule has 3 rings (SSSR count). The molecule has 1 aromatic heterocycles. The molecule has 2 aromatic carbocycles. The van der Waals surface area contributed by atoms with Crippen molar-refractivity contribution in [2.75, 3.05) is 17.2 Å². The molecule has 0 atom stereocenters. The van der Waals surface area contributed by atoms with Gasteiger partial charge in [0, 0.05) is 11.2 Å². The fraction of sp³-hybridized carbons (Fsp3) is 0.300. The quantitative estimate of drug-likeness (QED) is 0.518. The fourth-order valence-corrected chi connectivity index (χ4v) is 3.37. The highest BCUT2D eigenvalue weighted by molar-refractivity contribution is 7.00. The van der Waals surface area contributed by atoms with Crippen LogP contribution >= 0.6 is 23.3 Å². The Kier molecular flexibility index (Phi) is 6.34. The maximum Gasteiger partial charge on any atom is 0.253 e. The van der Waals surface area contributed by atoms with Crippen LogP contribution < -0.4 is 16.0 Å². The van der Waals surface area contributed by atoms with Crippen LogP contribution in [0.2, 0.25) is 5.02 Å². The van der Waals surface area contributed by atoms with Gasteiger partial charge in [0.25, 0.3) is 5.91 Å². The lowest BCUT2D eigenvalue weighted by molar-refractivity contribution is -0.114. The Labute approximate surface area is 178 Å². The Morgan fingerprint density at radius 3 is 2.69 bits per heavy atom. The standard InChI is InChI=1S/C20H22ClN5O2S/c1-4-20(2,3)24-19(28)13-9-8-12(10-14(13)21)22-11-17(27)23-15-6-5-7-16-18(15)26-29-25-16/h5-10,22H,4,11H2,1-3H3,(H,23,27)(H,24,28). The molecular weight excluding hydrogens is 410 g/mol. The Balaban J connectivity index is 1.61. The van der Waals surface area contributed by atoms with E-state index >= 15 is 0 Å². The van der Waals surface area contributed by atoms with Gasteiger partial charge in [-0.2, -0.15) is 8.75 Å². The number of carbonyl (C=O) groups excluding carboxylic acids is 2. The molecule has 0 aliphatic carbocycles. The van der Waals surface area contributed by atoms with E-state index in [1.807, 2.05) is 32.9 Å². The molecule has 3 aromatic rings. The molecule has 0 saturated carbocycles. The van der Waals surface area contributed by atoms with Crippen LogP contribution in [0.3, 0.4) is 0 Å². The van der Waals surface area contributed by atoms with E-state index in [-0.39, 0.29) is 23.9 Å². The number of hydrogen-bond donors (Lipinski definition) is 3. The van der Waals surface area contributed by atoms with Crippen molar-refractivity contribution in [3.8, 4) is 0 Å². The minimum absolute atomic E-state index is 0.0404. The molecule has 0 saturated heterocycles. The van der Waals surface area contributed by atoms with Crippen LogP contribution in [-0.2, 0) is 4.79 Å². The van der Waals surface area contributed by atoms with Gasteiger partial charge in [0.15, 0.2) is 0 Å². The van der Waals surface area contributed by atoms with Crippen molar-refractivity contribution in [2.45, 2.75) is 32.7 Å². The fourth-order valence-electron chi connectivity index (χ4n) is 2.56. The summed E-state index contributed by atoms with van der Waals surface area (Å²) in [5.41, 5.74) is 2.75. The summed E-state index contributed by atoms with van der Waals surface area (Å²) in [6.45, 7) is 5.95. The molecule has 0 fully saturated rings. The van der Waals surface area contributed by atoms with E-state index in [2.05, 4.69) is 24.7 Å². The predicted octanol–water partition coefficient (Wildman–Crippen LogP) is 4.31. The Morgan fingerprint density at radius 2 is 1.97 bits per heavy atom. The number of nitrogens with one attached hydrogen (secondary N) is 3. The number of halogens is 1. The average molecular weight is 432 g/mol. The van der Waals surface area contributed by atoms with Crippen molar-refractivity contribution in [1.82, 2.24) is 14.1 Å². The van der Waals surface area contributed by atoms with Gasteiger partial charge in [-0.3, -0.25) is 9.59 Å². The van der Waals surface area contributed by atoms with Gasteiger partial charge in [0.1, 0.15) is 11.0 Å². The molecule has 9 heteroatoms. The first kappa shape index (κ1) is 21.0. The van der Waals surface area contributed by atoms with E-state index in [0.717, 1.165) is 23.7 Å². The van der Waals surface area contributed by atoms with Crippen molar-refractivity contribution >= 4 is 57.6 Å². The Morgan fingerprint density at radius 1 is 1.17 bits per heavy atom. The van der Waals surface area contributed by atoms with Crippen molar-refractivity contribution in [3.05, 3.63) is 47.0 Å². The van der Waals surface area contributed by atoms with Gasteiger partial charge in [0.2, 0.25) is 5.91 Å². The van der Waals surface area contributed by atoms with Crippen LogP contribution in [0.4, 0.5) is 11.4 Å². The summed E-state index contributed by atoms with van der Waals surface area (Å²) >= 11 is 7.38. The zero-order valence-electron chi connectivity index (χ0n) is 16.4. The lowest BCUT2D eigenvalue weighted by atomic mass is 10.0. The monoisotopic (exact) mass is 431 g/mol. The van der Waals surface area contributed by atoms with Gasteiger partial charge in [-0.15, -0.1) is 0 Å². The SMILES string of the molecule is CCC(C)(C)NC(=O)c1ccc(NCC(=O)Nc2cccc3nsnc23)cc1Cl. The predicted molar refractivity (Wildman–Crippen MR) is 118 cm³/mol. The molecule has 152 valence electrons. The lowest BCUT2D eigenvalue weighted by Crippen LogP contribution is -2.42. The molecule has 3 N–H and O–H groups in total. The molecule has 29 heavy (non-hydrogen) atoms. The second-order valence-electron chi connectivity index (χ2n) is 7.23. The van der Waals surface area contributed by atoms with Crippen LogP contribution in [0, 0.1) is 0 Å². The number of nitrogens with zero attached hydrogens (tertiary/aromatic N) is 2.